The number of carbonyl (C=O) groups is 1. The second-order valence-electron chi connectivity index (χ2n) is 7.53. The van der Waals surface area contributed by atoms with Crippen molar-refractivity contribution in [1.82, 2.24) is 10.3 Å². The van der Waals surface area contributed by atoms with Crippen LogP contribution in [0.4, 0.5) is 18.0 Å². The van der Waals surface area contributed by atoms with Gasteiger partial charge in [-0.05, 0) is 46.1 Å². The van der Waals surface area contributed by atoms with E-state index in [9.17, 15) is 18.0 Å². The second kappa shape index (κ2) is 10.6. The number of amides is 1. The average Bonchev–Trinajstić information content (AvgIpc) is 3.16. The van der Waals surface area contributed by atoms with Crippen LogP contribution in [0.2, 0.25) is 0 Å². The highest BCUT2D eigenvalue weighted by Crippen LogP contribution is 2.44. The molecule has 35 heavy (non-hydrogen) atoms. The fourth-order valence-corrected chi connectivity index (χ4v) is 5.06. The van der Waals surface area contributed by atoms with Crippen LogP contribution in [-0.2, 0) is 31.8 Å². The van der Waals surface area contributed by atoms with Crippen molar-refractivity contribution in [3.05, 3.63) is 89.2 Å². The van der Waals surface area contributed by atoms with E-state index in [1.54, 1.807) is 0 Å². The molecule has 0 saturated carbocycles. The molecule has 1 heterocycles. The van der Waals surface area contributed by atoms with E-state index < -0.39 is 28.9 Å². The largest absolute Gasteiger partial charge is 0.448 e. The molecule has 1 aromatic heterocycles. The molecule has 1 aliphatic rings. The smallest absolute Gasteiger partial charge is 0.433 e. The van der Waals surface area contributed by atoms with Crippen LogP contribution in [0.1, 0.15) is 28.3 Å². The van der Waals surface area contributed by atoms with Gasteiger partial charge < -0.3 is 8.92 Å². The first kappa shape index (κ1) is 25.0. The van der Waals surface area contributed by atoms with Gasteiger partial charge in [-0.3, -0.25) is 10.3 Å². The average molecular weight is 520 g/mol. The molecule has 1 atom stereocenters. The lowest BCUT2D eigenvalue weighted by atomic mass is 9.98. The Labute approximate surface area is 207 Å². The van der Waals surface area contributed by atoms with Gasteiger partial charge in [-0.1, -0.05) is 54.6 Å². The molecule has 1 N–H and O–H groups in total. The van der Waals surface area contributed by atoms with E-state index in [-0.39, 0.29) is 23.4 Å². The van der Waals surface area contributed by atoms with Crippen LogP contribution >= 0.6 is 12.2 Å². The lowest BCUT2D eigenvalue weighted by Gasteiger charge is -2.14. The fraction of sp³-hybridized carbons (Fsp3) is 0.208. The zero-order valence-electron chi connectivity index (χ0n) is 18.4. The molecular formula is C24H20F3N3O3S2. The number of alkyl carbamates (subject to hydrolysis) is 1. The number of thiocarbonyl (C=S) groups is 1. The Morgan fingerprint density at radius 3 is 2.26 bits per heavy atom. The molecule has 0 saturated heterocycles. The number of pyridine rings is 1. The van der Waals surface area contributed by atoms with Gasteiger partial charge in [0.15, 0.2) is 0 Å². The topological polar surface area (TPSA) is 72.8 Å². The molecule has 1 aliphatic carbocycles. The summed E-state index contributed by atoms with van der Waals surface area (Å²) in [7, 11) is 0.259. The second-order valence-corrected chi connectivity index (χ2v) is 9.36. The van der Waals surface area contributed by atoms with Gasteiger partial charge in [-0.25, -0.2) is 4.79 Å². The summed E-state index contributed by atoms with van der Waals surface area (Å²) < 4.78 is 52.8. The van der Waals surface area contributed by atoms with Crippen LogP contribution in [0.5, 0.6) is 0 Å². The quantitative estimate of drug-likeness (QED) is 0.432. The van der Waals surface area contributed by atoms with Crippen molar-refractivity contribution in [1.29, 1.82) is 0 Å². The Morgan fingerprint density at radius 1 is 1.09 bits per heavy atom. The van der Waals surface area contributed by atoms with E-state index in [2.05, 4.69) is 14.7 Å². The van der Waals surface area contributed by atoms with Crippen LogP contribution in [0.15, 0.2) is 71.2 Å². The predicted octanol–water partition coefficient (Wildman–Crippen LogP) is 5.79. The van der Waals surface area contributed by atoms with Crippen molar-refractivity contribution < 1.29 is 26.9 Å². The summed E-state index contributed by atoms with van der Waals surface area (Å²) in [5.74, 6) is 0.0492. The third-order valence-electron chi connectivity index (χ3n) is 5.34. The highest BCUT2D eigenvalue weighted by Gasteiger charge is 2.32. The number of hydrogen-bond acceptors (Lipinski definition) is 5. The highest BCUT2D eigenvalue weighted by atomic mass is 32.2. The first-order valence-corrected chi connectivity index (χ1v) is 12.1. The zero-order chi connectivity index (χ0) is 25.0. The molecule has 0 radical (unpaired) electrons. The number of benzene rings is 2. The number of nitrogens with zero attached hydrogens (tertiary/aromatic N) is 2. The molecule has 0 fully saturated rings. The minimum absolute atomic E-state index is 0.0978. The molecule has 0 spiro atoms. The van der Waals surface area contributed by atoms with Crippen molar-refractivity contribution in [2.45, 2.75) is 17.8 Å². The first-order valence-electron chi connectivity index (χ1n) is 10.4. The number of halogens is 3. The molecular weight excluding hydrogens is 499 g/mol. The number of rotatable bonds is 5. The third-order valence-corrected chi connectivity index (χ3v) is 7.00. The van der Waals surface area contributed by atoms with E-state index in [0.29, 0.717) is 5.56 Å². The molecule has 1 amide bonds. The number of alkyl halides is 3. The van der Waals surface area contributed by atoms with Gasteiger partial charge in [-0.15, -0.1) is 0 Å². The Bertz CT molecular complexity index is 1240. The summed E-state index contributed by atoms with van der Waals surface area (Å²) in [6.45, 7) is 0.121. The molecule has 1 unspecified atom stereocenters. The summed E-state index contributed by atoms with van der Waals surface area (Å²) in [4.78, 5) is 15.8. The monoisotopic (exact) mass is 519 g/mol. The number of fused-ring (bicyclic) bond motifs is 3. The molecule has 4 rings (SSSR count). The van der Waals surface area contributed by atoms with Crippen LogP contribution in [0, 0.1) is 0 Å². The van der Waals surface area contributed by atoms with Crippen molar-refractivity contribution in [3.8, 4) is 11.1 Å². The Hall–Kier alpha value is -3.15. The summed E-state index contributed by atoms with van der Waals surface area (Å²) >= 11 is 5.12. The summed E-state index contributed by atoms with van der Waals surface area (Å²) in [6.07, 6.45) is -4.16. The summed E-state index contributed by atoms with van der Waals surface area (Å²) in [6, 6.07) is 18.1. The zero-order valence-corrected chi connectivity index (χ0v) is 20.0. The first-order chi connectivity index (χ1) is 16.8. The maximum Gasteiger partial charge on any atom is 0.433 e. The van der Waals surface area contributed by atoms with Gasteiger partial charge in [0.05, 0.1) is 12.9 Å². The van der Waals surface area contributed by atoms with E-state index in [4.69, 9.17) is 21.1 Å². The van der Waals surface area contributed by atoms with Crippen molar-refractivity contribution in [2.24, 2.45) is 4.36 Å². The molecule has 11 heteroatoms. The molecule has 182 valence electrons. The van der Waals surface area contributed by atoms with Gasteiger partial charge in [0.25, 0.3) is 0 Å². The number of hydrogen-bond donors (Lipinski definition) is 1. The number of nitrogens with one attached hydrogen (secondary N) is 1. The van der Waals surface area contributed by atoms with Crippen LogP contribution < -0.4 is 5.32 Å². The summed E-state index contributed by atoms with van der Waals surface area (Å²) in [5.41, 5.74) is 3.90. The molecule has 0 bridgehead atoms. The minimum Gasteiger partial charge on any atom is -0.448 e. The lowest BCUT2D eigenvalue weighted by molar-refractivity contribution is -0.141. The van der Waals surface area contributed by atoms with Gasteiger partial charge >= 0.3 is 12.3 Å². The van der Waals surface area contributed by atoms with Crippen LogP contribution in [0.25, 0.3) is 11.1 Å². The van der Waals surface area contributed by atoms with Gasteiger partial charge in [0, 0.05) is 23.1 Å². The van der Waals surface area contributed by atoms with Crippen LogP contribution in [0.3, 0.4) is 0 Å². The molecule has 0 aliphatic heterocycles. The number of ether oxygens (including phenoxy) is 1. The van der Waals surface area contributed by atoms with E-state index >= 15 is 0 Å². The normalized spacial score (nSPS) is 13.7. The van der Waals surface area contributed by atoms with Gasteiger partial charge in [-0.2, -0.15) is 17.5 Å². The van der Waals surface area contributed by atoms with Crippen molar-refractivity contribution in [3.63, 3.8) is 0 Å². The Balaban J connectivity index is 1.35. The number of aromatic nitrogens is 1. The lowest BCUT2D eigenvalue weighted by Crippen LogP contribution is -2.30. The molecule has 2 aromatic carbocycles. The SMILES string of the molecule is COS(Cc1ccc(C(F)(F)F)nc1)=NC(=S)NC(=O)OCC1c2ccccc2-c2ccccc21. The highest BCUT2D eigenvalue weighted by molar-refractivity contribution is 7.84. The van der Waals surface area contributed by atoms with E-state index in [1.165, 1.54) is 13.2 Å². The Kier molecular flexibility index (Phi) is 7.58. The maximum absolute atomic E-state index is 12.7. The van der Waals surface area contributed by atoms with Crippen LogP contribution in [-0.4, -0.2) is 29.9 Å². The Morgan fingerprint density at radius 2 is 1.71 bits per heavy atom. The summed E-state index contributed by atoms with van der Waals surface area (Å²) in [5, 5.41) is 2.25. The van der Waals surface area contributed by atoms with Crippen molar-refractivity contribution in [2.75, 3.05) is 13.7 Å². The third kappa shape index (κ3) is 5.92. The maximum atomic E-state index is 12.7. The van der Waals surface area contributed by atoms with E-state index in [1.807, 2.05) is 48.5 Å². The predicted molar refractivity (Wildman–Crippen MR) is 131 cm³/mol. The minimum atomic E-state index is -4.51. The molecule has 6 nitrogen and oxygen atoms in total. The number of carbonyl (C=O) groups excluding carboxylic acids is 1. The fourth-order valence-electron chi connectivity index (χ4n) is 3.79. The van der Waals surface area contributed by atoms with Crippen molar-refractivity contribution >= 4 is 34.4 Å². The molecule has 3 aromatic rings. The van der Waals surface area contributed by atoms with Gasteiger partial charge in [0.2, 0.25) is 5.11 Å². The standard InChI is InChI=1S/C24H20F3N3O3S2/c1-32-35(14-15-10-11-21(28-12-15)24(25,26)27)30-22(34)29-23(31)33-13-20-18-8-4-2-6-16(18)17-7-3-5-9-19(17)20/h2-12,20H,13-14H2,1H3,(H,29,31,34). The van der Waals surface area contributed by atoms with E-state index in [0.717, 1.165) is 34.5 Å². The van der Waals surface area contributed by atoms with Gasteiger partial charge in [0.1, 0.15) is 12.3 Å².